The molecule has 2 N–H and O–H groups in total. The minimum atomic E-state index is 0.225. The fourth-order valence-corrected chi connectivity index (χ4v) is 4.45. The van der Waals surface area contributed by atoms with E-state index in [1.54, 1.807) is 12.1 Å². The highest BCUT2D eigenvalue weighted by atomic mass is 16.3. The fraction of sp³-hybridized carbons (Fsp3) is 0.318. The number of aromatic amines is 1. The van der Waals surface area contributed by atoms with Crippen molar-refractivity contribution in [3.8, 4) is 17.0 Å². The zero-order valence-electron chi connectivity index (χ0n) is 16.5. The summed E-state index contributed by atoms with van der Waals surface area (Å²) in [6, 6.07) is 11.3. The molecule has 5 rings (SSSR count). The monoisotopic (exact) mass is 391 g/mol. The van der Waals surface area contributed by atoms with Crippen molar-refractivity contribution < 1.29 is 9.90 Å². The maximum absolute atomic E-state index is 10.0. The molecule has 2 aliphatic rings. The van der Waals surface area contributed by atoms with Gasteiger partial charge in [0.2, 0.25) is 0 Å². The average molecular weight is 391 g/mol. The number of carbonyl (C=O) groups is 1. The number of aromatic hydroxyl groups is 1. The van der Waals surface area contributed by atoms with Crippen LogP contribution in [0.25, 0.3) is 22.3 Å². The molecular weight excluding hydrogens is 366 g/mol. The van der Waals surface area contributed by atoms with Crippen LogP contribution in [0.3, 0.4) is 0 Å². The first-order chi connectivity index (χ1) is 14.0. The van der Waals surface area contributed by atoms with Gasteiger partial charge >= 0.3 is 0 Å². The number of hydrogen-bond donors (Lipinski definition) is 2. The number of fused-ring (bicyclic) bond motifs is 1. The molecule has 0 unspecified atom stereocenters. The van der Waals surface area contributed by atoms with Crippen LogP contribution in [0.1, 0.15) is 5.69 Å². The number of aldehydes is 1. The SMILES string of the molecule is C=CC=O.CN1CC2(C1)CN(Cc1cc3cc(-c4ccccc4O)nnc3[nH]1)C2. The number of carbonyl (C=O) groups excluding carboxylic acids is 1. The summed E-state index contributed by atoms with van der Waals surface area (Å²) in [5, 5.41) is 19.6. The third-order valence-corrected chi connectivity index (χ3v) is 5.43. The Morgan fingerprint density at radius 1 is 1.21 bits per heavy atom. The van der Waals surface area contributed by atoms with E-state index in [0.29, 0.717) is 23.0 Å². The number of hydrogen-bond acceptors (Lipinski definition) is 6. The molecule has 0 radical (unpaired) electrons. The van der Waals surface area contributed by atoms with E-state index in [4.69, 9.17) is 4.79 Å². The second kappa shape index (κ2) is 7.77. The van der Waals surface area contributed by atoms with Crippen LogP contribution in [0.2, 0.25) is 0 Å². The molecule has 29 heavy (non-hydrogen) atoms. The van der Waals surface area contributed by atoms with Gasteiger partial charge in [-0.3, -0.25) is 9.69 Å². The number of nitrogens with one attached hydrogen (secondary N) is 1. The first-order valence-corrected chi connectivity index (χ1v) is 9.63. The second-order valence-corrected chi connectivity index (χ2v) is 8.03. The predicted octanol–water partition coefficient (Wildman–Crippen LogP) is 2.45. The lowest BCUT2D eigenvalue weighted by Crippen LogP contribution is -2.70. The van der Waals surface area contributed by atoms with E-state index >= 15 is 0 Å². The molecule has 2 fully saturated rings. The van der Waals surface area contributed by atoms with E-state index < -0.39 is 0 Å². The third-order valence-electron chi connectivity index (χ3n) is 5.43. The second-order valence-electron chi connectivity index (χ2n) is 8.03. The lowest BCUT2D eigenvalue weighted by Gasteiger charge is -2.59. The number of H-pyrrole nitrogens is 1. The van der Waals surface area contributed by atoms with Crippen molar-refractivity contribution in [3.05, 3.63) is 54.7 Å². The van der Waals surface area contributed by atoms with Gasteiger partial charge in [0.25, 0.3) is 0 Å². The maximum Gasteiger partial charge on any atom is 0.160 e. The van der Waals surface area contributed by atoms with Gasteiger partial charge in [-0.25, -0.2) is 0 Å². The van der Waals surface area contributed by atoms with Gasteiger partial charge in [0.1, 0.15) is 12.0 Å². The molecule has 1 aromatic carbocycles. The van der Waals surface area contributed by atoms with Gasteiger partial charge in [0.05, 0.1) is 5.69 Å². The molecule has 4 heterocycles. The maximum atomic E-state index is 10.0. The number of nitrogens with zero attached hydrogens (tertiary/aromatic N) is 4. The van der Waals surface area contributed by atoms with Crippen LogP contribution in [0.15, 0.2) is 49.1 Å². The van der Waals surface area contributed by atoms with Gasteiger partial charge in [-0.05, 0) is 37.4 Å². The fourth-order valence-electron chi connectivity index (χ4n) is 4.45. The van der Waals surface area contributed by atoms with Crippen LogP contribution in [-0.2, 0) is 11.3 Å². The summed E-state index contributed by atoms with van der Waals surface area (Å²) in [7, 11) is 2.19. The van der Waals surface area contributed by atoms with E-state index in [0.717, 1.165) is 17.6 Å². The molecule has 2 aliphatic heterocycles. The van der Waals surface area contributed by atoms with Crippen LogP contribution in [0.4, 0.5) is 0 Å². The summed E-state index contributed by atoms with van der Waals surface area (Å²) in [5.74, 6) is 0.225. The Hall–Kier alpha value is -3.03. The van der Waals surface area contributed by atoms with E-state index in [1.807, 2.05) is 18.2 Å². The number of phenolic OH excluding ortho intramolecular Hbond substituents is 1. The van der Waals surface area contributed by atoms with Gasteiger partial charge in [-0.2, -0.15) is 0 Å². The number of allylic oxidation sites excluding steroid dienone is 1. The van der Waals surface area contributed by atoms with Gasteiger partial charge in [-0.1, -0.05) is 18.7 Å². The topological polar surface area (TPSA) is 85.3 Å². The van der Waals surface area contributed by atoms with E-state index in [2.05, 4.69) is 44.7 Å². The third kappa shape index (κ3) is 3.92. The van der Waals surface area contributed by atoms with Crippen molar-refractivity contribution in [3.63, 3.8) is 0 Å². The molecule has 7 nitrogen and oxygen atoms in total. The number of aromatic nitrogens is 3. The minimum absolute atomic E-state index is 0.225. The average Bonchev–Trinajstić information content (AvgIpc) is 3.07. The minimum Gasteiger partial charge on any atom is -0.507 e. The zero-order chi connectivity index (χ0) is 20.4. The molecule has 0 aliphatic carbocycles. The Kier molecular flexibility index (Phi) is 5.17. The molecule has 7 heteroatoms. The molecule has 0 saturated carbocycles. The first kappa shape index (κ1) is 19.3. The summed E-state index contributed by atoms with van der Waals surface area (Å²) in [5.41, 5.74) is 3.92. The quantitative estimate of drug-likeness (QED) is 0.525. The smallest absolute Gasteiger partial charge is 0.160 e. The standard InChI is InChI=1S/C19H21N5O.C3H4O/c1-23-9-19(10-23)11-24(12-19)8-14-6-13-7-16(21-22-18(13)20-14)15-4-2-3-5-17(15)25;1-2-3-4/h2-7,25H,8-12H2,1H3,(H,20,22);2-3H,1H2. The summed E-state index contributed by atoms with van der Waals surface area (Å²) in [6.45, 7) is 8.86. The van der Waals surface area contributed by atoms with E-state index in [1.165, 1.54) is 37.9 Å². The van der Waals surface area contributed by atoms with Crippen molar-refractivity contribution in [2.24, 2.45) is 5.41 Å². The van der Waals surface area contributed by atoms with Crippen LogP contribution in [0, 0.1) is 5.41 Å². The van der Waals surface area contributed by atoms with Crippen LogP contribution >= 0.6 is 0 Å². The lowest BCUT2D eigenvalue weighted by atomic mass is 9.73. The van der Waals surface area contributed by atoms with E-state index in [-0.39, 0.29) is 5.75 Å². The highest BCUT2D eigenvalue weighted by molar-refractivity contribution is 5.81. The highest BCUT2D eigenvalue weighted by Gasteiger charge is 2.49. The summed E-state index contributed by atoms with van der Waals surface area (Å²) in [4.78, 5) is 17.3. The van der Waals surface area contributed by atoms with Gasteiger partial charge in [-0.15, -0.1) is 10.2 Å². The molecular formula is C22H25N5O2. The molecule has 2 aromatic heterocycles. The molecule has 3 aromatic rings. The molecule has 0 atom stereocenters. The normalized spacial score (nSPS) is 17.8. The Bertz CT molecular complexity index is 1020. The Balaban J connectivity index is 0.000000472. The number of rotatable bonds is 4. The summed E-state index contributed by atoms with van der Waals surface area (Å²) < 4.78 is 0. The van der Waals surface area contributed by atoms with Crippen molar-refractivity contribution in [2.45, 2.75) is 6.54 Å². The zero-order valence-corrected chi connectivity index (χ0v) is 16.5. The number of benzene rings is 1. The van der Waals surface area contributed by atoms with E-state index in [9.17, 15) is 5.11 Å². The predicted molar refractivity (Wildman–Crippen MR) is 112 cm³/mol. The van der Waals surface area contributed by atoms with Gasteiger partial charge in [0.15, 0.2) is 5.65 Å². The van der Waals surface area contributed by atoms with Gasteiger partial charge < -0.3 is 15.0 Å². The Labute approximate surface area is 169 Å². The number of likely N-dealkylation sites (tertiary alicyclic amines) is 2. The molecule has 150 valence electrons. The van der Waals surface area contributed by atoms with Crippen LogP contribution in [0.5, 0.6) is 5.75 Å². The summed E-state index contributed by atoms with van der Waals surface area (Å²) in [6.07, 6.45) is 1.83. The van der Waals surface area contributed by atoms with Crippen molar-refractivity contribution in [1.82, 2.24) is 25.0 Å². The Morgan fingerprint density at radius 2 is 1.93 bits per heavy atom. The molecule has 0 bridgehead atoms. The molecule has 0 amide bonds. The van der Waals surface area contributed by atoms with Crippen molar-refractivity contribution >= 4 is 17.3 Å². The molecule has 2 saturated heterocycles. The summed E-state index contributed by atoms with van der Waals surface area (Å²) >= 11 is 0. The highest BCUT2D eigenvalue weighted by Crippen LogP contribution is 2.39. The number of phenols is 1. The van der Waals surface area contributed by atoms with Gasteiger partial charge in [0, 0.05) is 54.8 Å². The Morgan fingerprint density at radius 3 is 2.59 bits per heavy atom. The lowest BCUT2D eigenvalue weighted by molar-refractivity contribution is -0.108. The first-order valence-electron chi connectivity index (χ1n) is 9.63. The van der Waals surface area contributed by atoms with Crippen LogP contribution in [-0.4, -0.2) is 69.6 Å². The molecule has 1 spiro atoms. The van der Waals surface area contributed by atoms with Crippen molar-refractivity contribution in [2.75, 3.05) is 33.2 Å². The van der Waals surface area contributed by atoms with Crippen LogP contribution < -0.4 is 0 Å². The number of para-hydroxylation sites is 1. The van der Waals surface area contributed by atoms with Crippen molar-refractivity contribution in [1.29, 1.82) is 0 Å². The largest absolute Gasteiger partial charge is 0.507 e.